The lowest BCUT2D eigenvalue weighted by molar-refractivity contribution is -0.117. The Kier molecular flexibility index (Phi) is 11.6. The first kappa shape index (κ1) is 33.5. The van der Waals surface area contributed by atoms with Crippen LogP contribution in [0.2, 0.25) is 0 Å². The molecule has 238 valence electrons. The van der Waals surface area contributed by atoms with Crippen LogP contribution in [0.4, 0.5) is 5.82 Å². The molecule has 19 nitrogen and oxygen atoms in total. The molecule has 4 aromatic rings. The molecule has 19 heteroatoms. The van der Waals surface area contributed by atoms with Gasteiger partial charge in [-0.1, -0.05) is 19.7 Å². The Morgan fingerprint density at radius 3 is 2.00 bits per heavy atom. The summed E-state index contributed by atoms with van der Waals surface area (Å²) < 4.78 is 0. The van der Waals surface area contributed by atoms with E-state index in [1.165, 1.54) is 25.1 Å². The summed E-state index contributed by atoms with van der Waals surface area (Å²) in [5, 5.41) is 13.2. The Bertz CT molecular complexity index is 1940. The predicted octanol–water partition coefficient (Wildman–Crippen LogP) is -0.407. The second kappa shape index (κ2) is 16.0. The van der Waals surface area contributed by atoms with Crippen molar-refractivity contribution in [3.63, 3.8) is 0 Å². The summed E-state index contributed by atoms with van der Waals surface area (Å²) in [6, 6.07) is 0. The maximum atomic E-state index is 11.1. The molecule has 0 saturated heterocycles. The van der Waals surface area contributed by atoms with E-state index in [4.69, 9.17) is 11.5 Å². The number of nitrogens with zero attached hydrogens (tertiary/aromatic N) is 6. The van der Waals surface area contributed by atoms with Crippen molar-refractivity contribution < 1.29 is 9.59 Å². The fraction of sp³-hybridized carbons (Fsp3) is 0.0741. The lowest BCUT2D eigenvalue weighted by atomic mass is 10.3. The van der Waals surface area contributed by atoms with E-state index in [2.05, 4.69) is 91.2 Å². The summed E-state index contributed by atoms with van der Waals surface area (Å²) in [4.78, 5) is 63.5. The van der Waals surface area contributed by atoms with Gasteiger partial charge in [0.2, 0.25) is 0 Å². The molecule has 0 atom stereocenters. The zero-order valence-corrected chi connectivity index (χ0v) is 24.8. The molecule has 0 aromatic carbocycles. The maximum Gasteiger partial charge on any atom is 0.276 e. The van der Waals surface area contributed by atoms with Gasteiger partial charge in [-0.15, -0.1) is 0 Å². The number of fused-ring (bicyclic) bond motifs is 2. The summed E-state index contributed by atoms with van der Waals surface area (Å²) in [5.41, 5.74) is 13.5. The van der Waals surface area contributed by atoms with Crippen molar-refractivity contribution in [1.82, 2.24) is 66.5 Å². The van der Waals surface area contributed by atoms with E-state index in [-0.39, 0.29) is 17.4 Å². The second-order valence-electron chi connectivity index (χ2n) is 8.92. The summed E-state index contributed by atoms with van der Waals surface area (Å²) in [5.74, 6) is 2.94. The number of carbonyl (C=O) groups excluding carboxylic acids is 2. The van der Waals surface area contributed by atoms with Gasteiger partial charge in [0.15, 0.2) is 22.6 Å². The van der Waals surface area contributed by atoms with Crippen molar-refractivity contribution in [2.45, 2.75) is 13.8 Å². The number of nitrogen functional groups attached to an aromatic ring is 1. The van der Waals surface area contributed by atoms with Gasteiger partial charge in [-0.05, 0) is 19.9 Å². The monoisotopic (exact) mass is 628 g/mol. The number of amidine groups is 1. The number of hydrogen-bond acceptors (Lipinski definition) is 14. The molecular weight excluding hydrogens is 596 g/mol. The van der Waals surface area contributed by atoms with Crippen LogP contribution in [0.25, 0.3) is 22.3 Å². The van der Waals surface area contributed by atoms with Crippen LogP contribution < -0.4 is 43.6 Å². The minimum absolute atomic E-state index is 0.0845. The third kappa shape index (κ3) is 10.3. The number of imidazole rings is 2. The van der Waals surface area contributed by atoms with Gasteiger partial charge in [0.1, 0.15) is 41.0 Å². The van der Waals surface area contributed by atoms with Crippen LogP contribution in [0.15, 0.2) is 102 Å². The largest absolute Gasteiger partial charge is 0.384 e. The highest BCUT2D eigenvalue weighted by atomic mass is 16.2. The number of hydrogen-bond donors (Lipinski definition) is 10. The maximum absolute atomic E-state index is 11.1. The third-order valence-electron chi connectivity index (χ3n) is 5.29. The zero-order valence-electron chi connectivity index (χ0n) is 24.8. The van der Waals surface area contributed by atoms with Gasteiger partial charge in [0.05, 0.1) is 12.7 Å². The van der Waals surface area contributed by atoms with E-state index in [1.54, 1.807) is 38.5 Å². The molecule has 0 fully saturated rings. The Hall–Kier alpha value is -7.05. The summed E-state index contributed by atoms with van der Waals surface area (Å²) in [6.07, 6.45) is 12.3. The van der Waals surface area contributed by atoms with Crippen molar-refractivity contribution >= 4 is 45.8 Å². The number of aromatic nitrogens is 8. The molecule has 7 rings (SSSR count). The fourth-order valence-electron chi connectivity index (χ4n) is 3.16. The standard InChI is InChI=1S/C6H6N4O.C6H8N2O.C5H5N5.C5H7N3.C5H6N2O/c1-3-9-5-4(6(11)10-3)7-2-8-5;1-4-3-7-5(2)8-6(4)9;6-4-3-5(9-1-7-3)10-2-8-4;1-4-7-3-2-5(6)8-4;1-4-6-3-2-5(8)7-4/h2H,1H3,(H2,7,8,9,10,11);3,7H,2H2,1H3,(H,8,9);1-2H,(H3,6,7,8,9,10);2-3,7H,1H2,(H2,6,8);2-3,6H,1H2,(H,7,8). The minimum Gasteiger partial charge on any atom is -0.384 e. The lowest BCUT2D eigenvalue weighted by Gasteiger charge is -2.13. The smallest absolute Gasteiger partial charge is 0.276 e. The number of aliphatic imine (C=N–C) groups is 1. The van der Waals surface area contributed by atoms with Crippen LogP contribution in [-0.2, 0) is 9.59 Å². The van der Waals surface area contributed by atoms with Crippen LogP contribution in [0.3, 0.4) is 0 Å². The molecule has 0 unspecified atom stereocenters. The molecule has 0 bridgehead atoms. The second-order valence-corrected chi connectivity index (χ2v) is 8.92. The van der Waals surface area contributed by atoms with E-state index in [0.29, 0.717) is 62.8 Å². The Labute approximate surface area is 260 Å². The van der Waals surface area contributed by atoms with Crippen LogP contribution in [0.5, 0.6) is 0 Å². The summed E-state index contributed by atoms with van der Waals surface area (Å²) >= 11 is 0. The van der Waals surface area contributed by atoms with Crippen molar-refractivity contribution in [3.05, 3.63) is 109 Å². The minimum atomic E-state index is -0.176. The molecule has 12 N–H and O–H groups in total. The van der Waals surface area contributed by atoms with Gasteiger partial charge in [0.25, 0.3) is 17.4 Å². The molecule has 0 spiro atoms. The van der Waals surface area contributed by atoms with Crippen LogP contribution in [-0.4, -0.2) is 57.5 Å². The van der Waals surface area contributed by atoms with E-state index >= 15 is 0 Å². The number of H-pyrrole nitrogens is 3. The van der Waals surface area contributed by atoms with Gasteiger partial charge < -0.3 is 53.0 Å². The molecular formula is C27H32N16O3. The fourth-order valence-corrected chi connectivity index (χ4v) is 3.16. The van der Waals surface area contributed by atoms with E-state index < -0.39 is 0 Å². The molecule has 46 heavy (non-hydrogen) atoms. The molecule has 2 amide bonds. The van der Waals surface area contributed by atoms with Crippen molar-refractivity contribution in [3.8, 4) is 0 Å². The number of aryl methyl sites for hydroxylation is 1. The third-order valence-corrected chi connectivity index (χ3v) is 5.29. The highest BCUT2D eigenvalue weighted by Crippen LogP contribution is 2.09. The van der Waals surface area contributed by atoms with Crippen molar-refractivity contribution in [1.29, 1.82) is 0 Å². The number of nitrogens with two attached hydrogens (primary N) is 2. The molecule has 0 aliphatic carbocycles. The molecule has 7 heterocycles. The van der Waals surface area contributed by atoms with Gasteiger partial charge in [-0.2, -0.15) is 0 Å². The molecule has 4 aromatic heterocycles. The number of rotatable bonds is 0. The first-order valence-corrected chi connectivity index (χ1v) is 13.0. The molecule has 3 aliphatic rings. The van der Waals surface area contributed by atoms with Gasteiger partial charge in [0, 0.05) is 30.2 Å². The number of anilines is 1. The summed E-state index contributed by atoms with van der Waals surface area (Å²) in [7, 11) is 0. The van der Waals surface area contributed by atoms with E-state index in [0.717, 1.165) is 0 Å². The Morgan fingerprint density at radius 1 is 0.761 bits per heavy atom. The first-order valence-electron chi connectivity index (χ1n) is 13.0. The average molecular weight is 629 g/mol. The van der Waals surface area contributed by atoms with Crippen LogP contribution >= 0.6 is 0 Å². The molecule has 0 radical (unpaired) electrons. The number of amides is 2. The SMILES string of the molecule is C=C1N=C(N)C=CN1.C=C1NC=C(C)C(=O)N1.C=C1NC=CC(=O)N1.Cc1nc2nc[nH]c2c(=O)[nH]1.Nc1ncnc2nc[nH]c12. The molecule has 0 saturated carbocycles. The number of nitrogens with one attached hydrogen (secondary N) is 8. The predicted molar refractivity (Wildman–Crippen MR) is 172 cm³/mol. The number of aromatic amines is 3. The van der Waals surface area contributed by atoms with Crippen molar-refractivity contribution in [2.24, 2.45) is 10.7 Å². The quantitative estimate of drug-likeness (QED) is 0.119. The average Bonchev–Trinajstić information content (AvgIpc) is 3.67. The number of carbonyl (C=O) groups is 2. The van der Waals surface area contributed by atoms with E-state index in [9.17, 15) is 14.4 Å². The highest BCUT2D eigenvalue weighted by molar-refractivity contribution is 5.94. The zero-order chi connectivity index (χ0) is 33.6. The van der Waals surface area contributed by atoms with Crippen LogP contribution in [0, 0.1) is 6.92 Å². The Balaban J connectivity index is 0.000000158. The lowest BCUT2D eigenvalue weighted by Crippen LogP contribution is -2.33. The van der Waals surface area contributed by atoms with Gasteiger partial charge in [-0.25, -0.2) is 29.9 Å². The van der Waals surface area contributed by atoms with Crippen molar-refractivity contribution in [2.75, 3.05) is 5.73 Å². The van der Waals surface area contributed by atoms with Gasteiger partial charge in [-0.3, -0.25) is 14.4 Å². The van der Waals surface area contributed by atoms with E-state index in [1.807, 2.05) is 0 Å². The Morgan fingerprint density at radius 2 is 1.43 bits per heavy atom. The summed E-state index contributed by atoms with van der Waals surface area (Å²) in [6.45, 7) is 14.0. The van der Waals surface area contributed by atoms with Gasteiger partial charge >= 0.3 is 0 Å². The normalized spacial score (nSPS) is 14.4. The van der Waals surface area contributed by atoms with Crippen LogP contribution in [0.1, 0.15) is 12.7 Å². The molecule has 3 aliphatic heterocycles. The topological polar surface area (TPSA) is 288 Å². The first-order chi connectivity index (χ1) is 21.9. The highest BCUT2D eigenvalue weighted by Gasteiger charge is 2.08.